The predicted molar refractivity (Wildman–Crippen MR) is 277 cm³/mol. The SMILES string of the molecule is CC1(C)C2=CC(n3c4ccc(C5=CCCC=C5)cc4c4cc(C5C=CC=CC5)ccc43)=CCC2c2ccc(N(c3ccc(-c4ccccc4)cc3)C3C=CC(C4C=CC=CC4)=CC3)cc21. The van der Waals surface area contributed by atoms with Crippen LogP contribution >= 0.6 is 0 Å². The summed E-state index contributed by atoms with van der Waals surface area (Å²) in [7, 11) is 0. The molecular formula is C63H56N2. The van der Waals surface area contributed by atoms with Gasteiger partial charge in [0.25, 0.3) is 0 Å². The lowest BCUT2D eigenvalue weighted by molar-refractivity contribution is 0.612. The summed E-state index contributed by atoms with van der Waals surface area (Å²) < 4.78 is 2.56. The van der Waals surface area contributed by atoms with Crippen LogP contribution < -0.4 is 4.90 Å². The second-order valence-corrected chi connectivity index (χ2v) is 19.4. The summed E-state index contributed by atoms with van der Waals surface area (Å²) in [6, 6.07) is 42.0. The molecule has 0 amide bonds. The first-order valence-corrected chi connectivity index (χ1v) is 24.0. The van der Waals surface area contributed by atoms with Crippen LogP contribution in [0, 0.1) is 5.92 Å². The molecule has 4 unspecified atom stereocenters. The first-order valence-electron chi connectivity index (χ1n) is 24.0. The molecule has 1 aromatic heterocycles. The predicted octanol–water partition coefficient (Wildman–Crippen LogP) is 16.6. The van der Waals surface area contributed by atoms with Crippen molar-refractivity contribution in [2.24, 2.45) is 5.92 Å². The zero-order chi connectivity index (χ0) is 43.5. The zero-order valence-corrected chi connectivity index (χ0v) is 37.6. The molecule has 0 aliphatic heterocycles. The molecule has 65 heavy (non-hydrogen) atoms. The summed E-state index contributed by atoms with van der Waals surface area (Å²) in [6.07, 6.45) is 43.8. The monoisotopic (exact) mass is 840 g/mol. The summed E-state index contributed by atoms with van der Waals surface area (Å²) >= 11 is 0. The van der Waals surface area contributed by atoms with Crippen molar-refractivity contribution in [3.8, 4) is 11.1 Å². The van der Waals surface area contributed by atoms with Gasteiger partial charge in [0, 0.05) is 51.0 Å². The molecule has 0 bridgehead atoms. The van der Waals surface area contributed by atoms with Gasteiger partial charge < -0.3 is 9.47 Å². The summed E-state index contributed by atoms with van der Waals surface area (Å²) in [5.41, 5.74) is 18.5. The molecule has 12 rings (SSSR count). The van der Waals surface area contributed by atoms with E-state index in [0.29, 0.717) is 17.8 Å². The van der Waals surface area contributed by atoms with Gasteiger partial charge in [-0.15, -0.1) is 0 Å². The molecule has 2 nitrogen and oxygen atoms in total. The van der Waals surface area contributed by atoms with E-state index in [1.807, 2.05) is 0 Å². The van der Waals surface area contributed by atoms with Crippen LogP contribution in [0.3, 0.4) is 0 Å². The summed E-state index contributed by atoms with van der Waals surface area (Å²) in [5.74, 6) is 1.22. The third-order valence-electron chi connectivity index (χ3n) is 15.2. The van der Waals surface area contributed by atoms with Gasteiger partial charge >= 0.3 is 0 Å². The van der Waals surface area contributed by atoms with Crippen molar-refractivity contribution < 1.29 is 0 Å². The number of aromatic nitrogens is 1. The van der Waals surface area contributed by atoms with Gasteiger partial charge in [-0.1, -0.05) is 171 Å². The number of allylic oxidation sites excluding steroid dienone is 18. The molecule has 6 aliphatic carbocycles. The van der Waals surface area contributed by atoms with Crippen LogP contribution in [0.4, 0.5) is 11.4 Å². The van der Waals surface area contributed by atoms with Gasteiger partial charge in [0.05, 0.1) is 17.1 Å². The third kappa shape index (κ3) is 7.02. The first kappa shape index (κ1) is 39.7. The van der Waals surface area contributed by atoms with Crippen molar-refractivity contribution in [3.05, 3.63) is 240 Å². The van der Waals surface area contributed by atoms with E-state index in [4.69, 9.17) is 0 Å². The lowest BCUT2D eigenvalue weighted by Crippen LogP contribution is -2.31. The maximum Gasteiger partial charge on any atom is 0.0560 e. The van der Waals surface area contributed by atoms with E-state index in [2.05, 4.69) is 230 Å². The normalized spacial score (nSPS) is 22.7. The molecule has 0 fully saturated rings. The van der Waals surface area contributed by atoms with Gasteiger partial charge in [0.2, 0.25) is 0 Å². The average Bonchev–Trinajstić information content (AvgIpc) is 3.82. The van der Waals surface area contributed by atoms with Gasteiger partial charge in [-0.05, 0) is 138 Å². The molecule has 5 aromatic carbocycles. The van der Waals surface area contributed by atoms with Gasteiger partial charge in [-0.3, -0.25) is 0 Å². The number of benzene rings is 5. The largest absolute Gasteiger partial charge is 0.334 e. The second-order valence-electron chi connectivity index (χ2n) is 19.4. The van der Waals surface area contributed by atoms with E-state index in [-0.39, 0.29) is 11.5 Å². The molecule has 0 saturated carbocycles. The van der Waals surface area contributed by atoms with Crippen molar-refractivity contribution in [1.82, 2.24) is 4.57 Å². The number of hydrogen-bond acceptors (Lipinski definition) is 1. The average molecular weight is 841 g/mol. The Kier molecular flexibility index (Phi) is 9.93. The topological polar surface area (TPSA) is 8.17 Å². The molecule has 1 heterocycles. The number of anilines is 2. The Morgan fingerprint density at radius 3 is 2.05 bits per heavy atom. The van der Waals surface area contributed by atoms with Gasteiger partial charge in [0.15, 0.2) is 0 Å². The molecule has 0 radical (unpaired) electrons. The minimum Gasteiger partial charge on any atom is -0.334 e. The minimum atomic E-state index is -0.144. The molecule has 0 saturated heterocycles. The highest BCUT2D eigenvalue weighted by molar-refractivity contribution is 6.12. The Hall–Kier alpha value is -6.90. The third-order valence-corrected chi connectivity index (χ3v) is 15.2. The Morgan fingerprint density at radius 2 is 1.31 bits per heavy atom. The highest BCUT2D eigenvalue weighted by Gasteiger charge is 2.43. The standard InChI is InChI=1S/C63H56N2/c1-63(2)59-41-53(64(51-29-23-47(24-30-51)43-15-7-3-8-16-43)52-31-25-48(26-32-52)44-17-9-4-10-18-44)33-35-55(59)56-36-34-54(42-60(56)63)65-61-37-27-49(45-19-11-5-12-20-45)39-57(61)58-40-50(28-38-62(58)65)46-21-13-6-14-22-46/h3-5,7-13,15-17,19,21-31,33-35,37-42,44-45,52,56H,6,14,18,20,32,36H2,1-2H3. The Morgan fingerprint density at radius 1 is 0.569 bits per heavy atom. The highest BCUT2D eigenvalue weighted by atomic mass is 15.2. The quantitative estimate of drug-likeness (QED) is 0.148. The maximum absolute atomic E-state index is 2.59. The van der Waals surface area contributed by atoms with E-state index in [1.165, 1.54) is 89.0 Å². The number of hydrogen-bond donors (Lipinski definition) is 0. The second kappa shape index (κ2) is 16.3. The van der Waals surface area contributed by atoms with Crippen LogP contribution in [0.2, 0.25) is 0 Å². The molecule has 6 aromatic rings. The Labute approximate surface area is 384 Å². The number of fused-ring (bicyclic) bond motifs is 6. The first-order chi connectivity index (χ1) is 32.0. The summed E-state index contributed by atoms with van der Waals surface area (Å²) in [4.78, 5) is 2.59. The van der Waals surface area contributed by atoms with Crippen LogP contribution in [-0.4, -0.2) is 10.6 Å². The Bertz CT molecular complexity index is 3180. The number of nitrogens with zero attached hydrogens (tertiary/aromatic N) is 2. The van der Waals surface area contributed by atoms with Crippen LogP contribution in [0.5, 0.6) is 0 Å². The number of rotatable bonds is 8. The van der Waals surface area contributed by atoms with E-state index < -0.39 is 0 Å². The summed E-state index contributed by atoms with van der Waals surface area (Å²) in [5, 5.41) is 2.67. The van der Waals surface area contributed by atoms with Crippen molar-refractivity contribution in [3.63, 3.8) is 0 Å². The van der Waals surface area contributed by atoms with Crippen molar-refractivity contribution in [1.29, 1.82) is 0 Å². The maximum atomic E-state index is 2.59. The van der Waals surface area contributed by atoms with Crippen LogP contribution in [-0.2, 0) is 5.41 Å². The molecule has 4 atom stereocenters. The fraction of sp³-hybridized carbons (Fsp3) is 0.206. The summed E-state index contributed by atoms with van der Waals surface area (Å²) in [6.45, 7) is 4.93. The lowest BCUT2D eigenvalue weighted by Gasteiger charge is -2.35. The highest BCUT2D eigenvalue weighted by Crippen LogP contribution is 2.55. The molecule has 2 heteroatoms. The van der Waals surface area contributed by atoms with Crippen LogP contribution in [0.15, 0.2) is 218 Å². The van der Waals surface area contributed by atoms with Crippen molar-refractivity contribution in [2.75, 3.05) is 4.90 Å². The zero-order valence-electron chi connectivity index (χ0n) is 37.6. The minimum absolute atomic E-state index is 0.144. The van der Waals surface area contributed by atoms with E-state index in [1.54, 1.807) is 0 Å². The van der Waals surface area contributed by atoms with Gasteiger partial charge in [0.1, 0.15) is 0 Å². The van der Waals surface area contributed by atoms with Crippen LogP contribution in [0.1, 0.15) is 86.5 Å². The van der Waals surface area contributed by atoms with Crippen molar-refractivity contribution >= 4 is 44.5 Å². The van der Waals surface area contributed by atoms with E-state index >= 15 is 0 Å². The molecule has 0 spiro atoms. The van der Waals surface area contributed by atoms with Gasteiger partial charge in [-0.2, -0.15) is 0 Å². The van der Waals surface area contributed by atoms with Crippen molar-refractivity contribution in [2.45, 2.75) is 75.7 Å². The van der Waals surface area contributed by atoms with Crippen LogP contribution in [0.25, 0.3) is 44.2 Å². The van der Waals surface area contributed by atoms with E-state index in [9.17, 15) is 0 Å². The smallest absolute Gasteiger partial charge is 0.0560 e. The molecular weight excluding hydrogens is 785 g/mol. The fourth-order valence-corrected chi connectivity index (χ4v) is 11.7. The molecule has 0 N–H and O–H groups in total. The molecule has 6 aliphatic rings. The van der Waals surface area contributed by atoms with E-state index in [0.717, 1.165) is 38.5 Å². The molecule has 318 valence electrons. The fourth-order valence-electron chi connectivity index (χ4n) is 11.7. The lowest BCUT2D eigenvalue weighted by atomic mass is 9.78. The Balaban J connectivity index is 0.919. The van der Waals surface area contributed by atoms with Gasteiger partial charge in [-0.25, -0.2) is 0 Å².